The van der Waals surface area contributed by atoms with Crippen molar-refractivity contribution in [1.82, 2.24) is 0 Å². The molecule has 2 rings (SSSR count). The molecule has 1 aliphatic rings. The van der Waals surface area contributed by atoms with Gasteiger partial charge in [0.2, 0.25) is 0 Å². The van der Waals surface area contributed by atoms with E-state index in [-0.39, 0.29) is 5.54 Å². The molecule has 1 aromatic carbocycles. The molecule has 0 amide bonds. The van der Waals surface area contributed by atoms with E-state index in [1.807, 2.05) is 12.1 Å². The summed E-state index contributed by atoms with van der Waals surface area (Å²) in [6.45, 7) is 0.612. The molecule has 100 valence electrons. The third-order valence-corrected chi connectivity index (χ3v) is 4.77. The molecule has 0 heterocycles. The summed E-state index contributed by atoms with van der Waals surface area (Å²) in [6, 6.07) is 6.89. The monoisotopic (exact) mass is 268 g/mol. The number of hydrogen-bond acceptors (Lipinski definition) is 4. The van der Waals surface area contributed by atoms with Gasteiger partial charge in [-0.25, -0.2) is 8.42 Å². The predicted octanol–water partition coefficient (Wildman–Crippen LogP) is 1.77. The minimum absolute atomic E-state index is 0.00734. The third-order valence-electron chi connectivity index (χ3n) is 3.64. The van der Waals surface area contributed by atoms with Gasteiger partial charge < -0.3 is 11.1 Å². The fourth-order valence-electron chi connectivity index (χ4n) is 2.52. The Morgan fingerprint density at radius 3 is 2.22 bits per heavy atom. The third kappa shape index (κ3) is 2.84. The maximum atomic E-state index is 11.4. The SMILES string of the molecule is CS(=O)(=O)c1ccc(NC2(CN)CCCC2)cc1. The summed E-state index contributed by atoms with van der Waals surface area (Å²) in [6.07, 6.45) is 5.78. The maximum Gasteiger partial charge on any atom is 0.175 e. The van der Waals surface area contributed by atoms with Crippen LogP contribution < -0.4 is 11.1 Å². The lowest BCUT2D eigenvalue weighted by Crippen LogP contribution is -2.42. The fraction of sp³-hybridized carbons (Fsp3) is 0.538. The van der Waals surface area contributed by atoms with Crippen LogP contribution in [-0.4, -0.2) is 26.8 Å². The summed E-state index contributed by atoms with van der Waals surface area (Å²) >= 11 is 0. The molecule has 0 aromatic heterocycles. The first-order valence-electron chi connectivity index (χ1n) is 6.24. The Kier molecular flexibility index (Phi) is 3.64. The van der Waals surface area contributed by atoms with Crippen LogP contribution >= 0.6 is 0 Å². The molecule has 0 aliphatic heterocycles. The fourth-order valence-corrected chi connectivity index (χ4v) is 3.15. The van der Waals surface area contributed by atoms with Crippen LogP contribution in [0.3, 0.4) is 0 Å². The lowest BCUT2D eigenvalue weighted by Gasteiger charge is -2.30. The molecule has 3 N–H and O–H groups in total. The van der Waals surface area contributed by atoms with Crippen molar-refractivity contribution < 1.29 is 8.42 Å². The molecular formula is C13H20N2O2S. The van der Waals surface area contributed by atoms with E-state index in [1.54, 1.807) is 12.1 Å². The Bertz CT molecular complexity index is 502. The van der Waals surface area contributed by atoms with Gasteiger partial charge >= 0.3 is 0 Å². The maximum absolute atomic E-state index is 11.4. The molecule has 5 heteroatoms. The highest BCUT2D eigenvalue weighted by molar-refractivity contribution is 7.90. The van der Waals surface area contributed by atoms with Crippen LogP contribution in [0.2, 0.25) is 0 Å². The van der Waals surface area contributed by atoms with Crippen molar-refractivity contribution in [1.29, 1.82) is 0 Å². The average Bonchev–Trinajstić information content (AvgIpc) is 2.78. The lowest BCUT2D eigenvalue weighted by atomic mass is 9.97. The smallest absolute Gasteiger partial charge is 0.175 e. The highest BCUT2D eigenvalue weighted by Crippen LogP contribution is 2.32. The van der Waals surface area contributed by atoms with Crippen molar-refractivity contribution in [3.8, 4) is 0 Å². The molecule has 4 nitrogen and oxygen atoms in total. The van der Waals surface area contributed by atoms with Crippen molar-refractivity contribution >= 4 is 15.5 Å². The molecule has 18 heavy (non-hydrogen) atoms. The molecule has 0 spiro atoms. The zero-order chi connectivity index (χ0) is 13.2. The average molecular weight is 268 g/mol. The molecule has 1 aliphatic carbocycles. The van der Waals surface area contributed by atoms with E-state index in [4.69, 9.17) is 5.73 Å². The Labute approximate surface area is 108 Å². The summed E-state index contributed by atoms with van der Waals surface area (Å²) < 4.78 is 22.7. The lowest BCUT2D eigenvalue weighted by molar-refractivity contribution is 0.493. The number of anilines is 1. The quantitative estimate of drug-likeness (QED) is 0.873. The largest absolute Gasteiger partial charge is 0.378 e. The van der Waals surface area contributed by atoms with Crippen LogP contribution in [0.1, 0.15) is 25.7 Å². The van der Waals surface area contributed by atoms with Gasteiger partial charge in [-0.1, -0.05) is 12.8 Å². The van der Waals surface area contributed by atoms with Crippen LogP contribution in [0.25, 0.3) is 0 Å². The zero-order valence-electron chi connectivity index (χ0n) is 10.6. The van der Waals surface area contributed by atoms with E-state index in [1.165, 1.54) is 19.1 Å². The van der Waals surface area contributed by atoms with Crippen molar-refractivity contribution in [3.05, 3.63) is 24.3 Å². The summed E-state index contributed by atoms with van der Waals surface area (Å²) in [5, 5.41) is 3.46. The molecule has 1 saturated carbocycles. The number of nitrogens with one attached hydrogen (secondary N) is 1. The minimum Gasteiger partial charge on any atom is -0.378 e. The second-order valence-electron chi connectivity index (χ2n) is 5.11. The Morgan fingerprint density at radius 2 is 1.78 bits per heavy atom. The molecule has 0 unspecified atom stereocenters. The minimum atomic E-state index is -3.12. The van der Waals surface area contributed by atoms with Gasteiger partial charge in [0.15, 0.2) is 9.84 Å². The van der Waals surface area contributed by atoms with Crippen molar-refractivity contribution in [3.63, 3.8) is 0 Å². The van der Waals surface area contributed by atoms with Gasteiger partial charge in [-0.15, -0.1) is 0 Å². The standard InChI is InChI=1S/C13H20N2O2S/c1-18(16,17)12-6-4-11(5-7-12)15-13(10-14)8-2-3-9-13/h4-7,15H,2-3,8-10,14H2,1H3. The number of rotatable bonds is 4. The van der Waals surface area contributed by atoms with Gasteiger partial charge in [0.25, 0.3) is 0 Å². The number of benzene rings is 1. The summed E-state index contributed by atoms with van der Waals surface area (Å²) in [7, 11) is -3.12. The van der Waals surface area contributed by atoms with Gasteiger partial charge in [0.05, 0.1) is 4.90 Å². The summed E-state index contributed by atoms with van der Waals surface area (Å²) in [5.41, 5.74) is 6.79. The Morgan fingerprint density at radius 1 is 1.22 bits per heavy atom. The first-order valence-corrected chi connectivity index (χ1v) is 8.13. The summed E-state index contributed by atoms with van der Waals surface area (Å²) in [4.78, 5) is 0.348. The van der Waals surface area contributed by atoms with E-state index in [0.717, 1.165) is 18.5 Å². The van der Waals surface area contributed by atoms with Crippen LogP contribution in [-0.2, 0) is 9.84 Å². The van der Waals surface area contributed by atoms with Gasteiger partial charge in [-0.3, -0.25) is 0 Å². The van der Waals surface area contributed by atoms with E-state index < -0.39 is 9.84 Å². The first kappa shape index (κ1) is 13.4. The predicted molar refractivity (Wildman–Crippen MR) is 73.4 cm³/mol. The molecular weight excluding hydrogens is 248 g/mol. The topological polar surface area (TPSA) is 72.2 Å². The van der Waals surface area contributed by atoms with Crippen LogP contribution in [0, 0.1) is 0 Å². The van der Waals surface area contributed by atoms with E-state index in [2.05, 4.69) is 5.32 Å². The molecule has 0 radical (unpaired) electrons. The van der Waals surface area contributed by atoms with Gasteiger partial charge in [-0.05, 0) is 37.1 Å². The Balaban J connectivity index is 2.15. The van der Waals surface area contributed by atoms with Gasteiger partial charge in [-0.2, -0.15) is 0 Å². The molecule has 1 aromatic rings. The van der Waals surface area contributed by atoms with Crippen molar-refractivity contribution in [2.24, 2.45) is 5.73 Å². The highest BCUT2D eigenvalue weighted by Gasteiger charge is 2.32. The van der Waals surface area contributed by atoms with Gasteiger partial charge in [0, 0.05) is 24.0 Å². The molecule has 0 saturated heterocycles. The van der Waals surface area contributed by atoms with Crippen molar-refractivity contribution in [2.75, 3.05) is 18.1 Å². The van der Waals surface area contributed by atoms with E-state index in [0.29, 0.717) is 11.4 Å². The number of nitrogens with two attached hydrogens (primary N) is 1. The zero-order valence-corrected chi connectivity index (χ0v) is 11.5. The molecule has 1 fully saturated rings. The number of sulfone groups is 1. The van der Waals surface area contributed by atoms with E-state index >= 15 is 0 Å². The number of hydrogen-bond donors (Lipinski definition) is 2. The first-order chi connectivity index (χ1) is 8.45. The van der Waals surface area contributed by atoms with E-state index in [9.17, 15) is 8.42 Å². The van der Waals surface area contributed by atoms with Crippen LogP contribution in [0.5, 0.6) is 0 Å². The second kappa shape index (κ2) is 4.90. The normalized spacial score (nSPS) is 18.8. The van der Waals surface area contributed by atoms with Crippen LogP contribution in [0.4, 0.5) is 5.69 Å². The molecule has 0 bridgehead atoms. The molecule has 0 atom stereocenters. The van der Waals surface area contributed by atoms with Gasteiger partial charge in [0.1, 0.15) is 0 Å². The van der Waals surface area contributed by atoms with Crippen molar-refractivity contribution in [2.45, 2.75) is 36.1 Å². The second-order valence-corrected chi connectivity index (χ2v) is 7.13. The highest BCUT2D eigenvalue weighted by atomic mass is 32.2. The Hall–Kier alpha value is -1.07. The summed E-state index contributed by atoms with van der Waals surface area (Å²) in [5.74, 6) is 0. The van der Waals surface area contributed by atoms with Crippen LogP contribution in [0.15, 0.2) is 29.2 Å².